The third-order valence-electron chi connectivity index (χ3n) is 5.46. The largest absolute Gasteiger partial charge is 0.493 e. The molecule has 0 saturated heterocycles. The maximum Gasteiger partial charge on any atom is 0.119 e. The summed E-state index contributed by atoms with van der Waals surface area (Å²) in [4.78, 5) is 0. The fraction of sp³-hybridized carbons (Fsp3) is 0.440. The second-order valence-electron chi connectivity index (χ2n) is 9.49. The number of hydrogen-bond donors (Lipinski definition) is 0. The molecule has 1 nitrogen and oxygen atoms in total. The van der Waals surface area contributed by atoms with Crippen molar-refractivity contribution < 1.29 is 4.74 Å². The van der Waals surface area contributed by atoms with E-state index in [1.54, 1.807) is 11.1 Å². The molecule has 0 bridgehead atoms. The van der Waals surface area contributed by atoms with Crippen LogP contribution in [0.5, 0.6) is 5.75 Å². The van der Waals surface area contributed by atoms with Crippen LogP contribution in [0.3, 0.4) is 0 Å². The molecule has 0 N–H and O–H groups in total. The first-order valence-corrected chi connectivity index (χ1v) is 9.66. The summed E-state index contributed by atoms with van der Waals surface area (Å²) < 4.78 is 6.06. The molecule has 2 aromatic carbocycles. The second kappa shape index (κ2) is 6.95. The molecule has 1 atom stereocenters. The maximum absolute atomic E-state index is 6.06. The first kappa shape index (κ1) is 18.8. The first-order valence-electron chi connectivity index (χ1n) is 9.66. The van der Waals surface area contributed by atoms with Gasteiger partial charge in [0.1, 0.15) is 5.75 Å². The van der Waals surface area contributed by atoms with Crippen LogP contribution in [0.4, 0.5) is 0 Å². The Kier molecular flexibility index (Phi) is 5.01. The van der Waals surface area contributed by atoms with Gasteiger partial charge in [0.15, 0.2) is 0 Å². The zero-order valence-corrected chi connectivity index (χ0v) is 16.9. The summed E-state index contributed by atoms with van der Waals surface area (Å²) in [6, 6.07) is 15.2. The van der Waals surface area contributed by atoms with Gasteiger partial charge in [-0.05, 0) is 64.0 Å². The summed E-state index contributed by atoms with van der Waals surface area (Å²) in [5, 5.41) is 0. The van der Waals surface area contributed by atoms with Crippen LogP contribution in [-0.4, -0.2) is 6.61 Å². The van der Waals surface area contributed by atoms with Crippen LogP contribution >= 0.6 is 0 Å². The highest BCUT2D eigenvalue weighted by molar-refractivity contribution is 5.48. The molecular formula is C25H32O. The quantitative estimate of drug-likeness (QED) is 0.560. The lowest BCUT2D eigenvalue weighted by atomic mass is 9.68. The van der Waals surface area contributed by atoms with Crippen LogP contribution in [0.1, 0.15) is 69.2 Å². The lowest BCUT2D eigenvalue weighted by Gasteiger charge is -2.37. The summed E-state index contributed by atoms with van der Waals surface area (Å²) in [7, 11) is 0. The molecule has 0 saturated carbocycles. The second-order valence-corrected chi connectivity index (χ2v) is 9.49. The molecular weight excluding hydrogens is 316 g/mol. The van der Waals surface area contributed by atoms with E-state index in [0.29, 0.717) is 5.92 Å². The molecule has 0 aromatic heterocycles. The average Bonchev–Trinajstić information content (AvgIpc) is 2.57. The lowest BCUT2D eigenvalue weighted by molar-refractivity contribution is 0.156. The maximum atomic E-state index is 6.06. The molecule has 0 heterocycles. The standard InChI is InChI=1S/C25H32O/c1-7-18-8-11-22(12-9-18)26-17-25(5,6)16-20-14-19-15-21(24(2,3)4)10-13-23(19)20/h7-13,15,20H,1,14,16-17H2,2-6H3. The molecule has 2 aromatic rings. The minimum atomic E-state index is 0.155. The molecule has 1 aliphatic rings. The molecule has 3 rings (SSSR count). The minimum Gasteiger partial charge on any atom is -0.493 e. The van der Waals surface area contributed by atoms with Crippen molar-refractivity contribution in [1.29, 1.82) is 0 Å². The van der Waals surface area contributed by atoms with Crippen molar-refractivity contribution in [2.24, 2.45) is 5.41 Å². The Morgan fingerprint density at radius 3 is 2.31 bits per heavy atom. The van der Waals surface area contributed by atoms with Crippen molar-refractivity contribution in [1.82, 2.24) is 0 Å². The van der Waals surface area contributed by atoms with E-state index in [9.17, 15) is 0 Å². The summed E-state index contributed by atoms with van der Waals surface area (Å²) in [6.07, 6.45) is 4.23. The predicted octanol–water partition coefficient (Wildman–Crippen LogP) is 6.76. The van der Waals surface area contributed by atoms with E-state index < -0.39 is 0 Å². The van der Waals surface area contributed by atoms with E-state index in [0.717, 1.165) is 17.9 Å². The van der Waals surface area contributed by atoms with Crippen LogP contribution < -0.4 is 4.74 Å². The summed E-state index contributed by atoms with van der Waals surface area (Å²) in [6.45, 7) is 16.0. The molecule has 1 unspecified atom stereocenters. The Balaban J connectivity index is 1.59. The molecule has 0 amide bonds. The van der Waals surface area contributed by atoms with Gasteiger partial charge >= 0.3 is 0 Å². The van der Waals surface area contributed by atoms with Crippen molar-refractivity contribution in [3.63, 3.8) is 0 Å². The fourth-order valence-corrected chi connectivity index (χ4v) is 3.78. The van der Waals surface area contributed by atoms with Crippen LogP contribution in [0, 0.1) is 5.41 Å². The molecule has 1 heteroatoms. The molecule has 0 aliphatic heterocycles. The van der Waals surface area contributed by atoms with Gasteiger partial charge in [-0.2, -0.15) is 0 Å². The molecule has 0 radical (unpaired) electrons. The van der Waals surface area contributed by atoms with Gasteiger partial charge < -0.3 is 4.74 Å². The van der Waals surface area contributed by atoms with E-state index in [1.807, 2.05) is 30.3 Å². The van der Waals surface area contributed by atoms with Gasteiger partial charge in [-0.25, -0.2) is 0 Å². The number of fused-ring (bicyclic) bond motifs is 1. The van der Waals surface area contributed by atoms with Gasteiger partial charge in [0.25, 0.3) is 0 Å². The van der Waals surface area contributed by atoms with E-state index in [4.69, 9.17) is 4.74 Å². The van der Waals surface area contributed by atoms with Gasteiger partial charge in [0, 0.05) is 0 Å². The summed E-state index contributed by atoms with van der Waals surface area (Å²) in [5.74, 6) is 1.60. The normalized spacial score (nSPS) is 16.6. The SMILES string of the molecule is C=Cc1ccc(OCC(C)(C)CC2Cc3cc(C(C)(C)C)ccc32)cc1. The topological polar surface area (TPSA) is 9.23 Å². The zero-order valence-electron chi connectivity index (χ0n) is 16.9. The molecule has 0 fully saturated rings. The Hall–Kier alpha value is -2.02. The van der Waals surface area contributed by atoms with Gasteiger partial charge in [0.05, 0.1) is 6.61 Å². The van der Waals surface area contributed by atoms with Crippen LogP contribution in [0.2, 0.25) is 0 Å². The highest BCUT2D eigenvalue weighted by atomic mass is 16.5. The summed E-state index contributed by atoms with van der Waals surface area (Å²) >= 11 is 0. The number of hydrogen-bond acceptors (Lipinski definition) is 1. The first-order chi connectivity index (χ1) is 12.2. The number of benzene rings is 2. The van der Waals surface area contributed by atoms with E-state index in [-0.39, 0.29) is 10.8 Å². The van der Waals surface area contributed by atoms with Gasteiger partial charge in [0.2, 0.25) is 0 Å². The predicted molar refractivity (Wildman–Crippen MR) is 112 cm³/mol. The third kappa shape index (κ3) is 4.20. The number of rotatable bonds is 6. The molecule has 26 heavy (non-hydrogen) atoms. The van der Waals surface area contributed by atoms with Crippen molar-refractivity contribution in [3.8, 4) is 5.75 Å². The Morgan fingerprint density at radius 2 is 1.73 bits per heavy atom. The smallest absolute Gasteiger partial charge is 0.119 e. The molecule has 0 spiro atoms. The average molecular weight is 349 g/mol. The Morgan fingerprint density at radius 1 is 1.04 bits per heavy atom. The van der Waals surface area contributed by atoms with E-state index in [1.165, 1.54) is 18.4 Å². The molecule has 1 aliphatic carbocycles. The van der Waals surface area contributed by atoms with Crippen LogP contribution in [-0.2, 0) is 11.8 Å². The van der Waals surface area contributed by atoms with Crippen LogP contribution in [0.25, 0.3) is 6.08 Å². The van der Waals surface area contributed by atoms with Crippen molar-refractivity contribution >= 4 is 6.08 Å². The van der Waals surface area contributed by atoms with Gasteiger partial charge in [-0.1, -0.05) is 77.6 Å². The van der Waals surface area contributed by atoms with E-state index >= 15 is 0 Å². The van der Waals surface area contributed by atoms with Crippen molar-refractivity contribution in [2.75, 3.05) is 6.61 Å². The highest BCUT2D eigenvalue weighted by Crippen LogP contribution is 2.44. The van der Waals surface area contributed by atoms with Crippen LogP contribution in [0.15, 0.2) is 49.0 Å². The zero-order chi connectivity index (χ0) is 18.9. The molecule has 138 valence electrons. The van der Waals surface area contributed by atoms with E-state index in [2.05, 4.69) is 59.4 Å². The summed E-state index contributed by atoms with van der Waals surface area (Å²) in [5.41, 5.74) is 6.04. The van der Waals surface area contributed by atoms with Crippen molar-refractivity contribution in [3.05, 3.63) is 71.3 Å². The lowest BCUT2D eigenvalue weighted by Crippen LogP contribution is -2.29. The van der Waals surface area contributed by atoms with Gasteiger partial charge in [-0.3, -0.25) is 0 Å². The minimum absolute atomic E-state index is 0.155. The Bertz CT molecular complexity index is 775. The van der Waals surface area contributed by atoms with Gasteiger partial charge in [-0.15, -0.1) is 0 Å². The number of ether oxygens (including phenoxy) is 1. The highest BCUT2D eigenvalue weighted by Gasteiger charge is 2.33. The third-order valence-corrected chi connectivity index (χ3v) is 5.46. The van der Waals surface area contributed by atoms with Crippen molar-refractivity contribution in [2.45, 2.75) is 58.8 Å². The Labute approximate surface area is 159 Å². The monoisotopic (exact) mass is 348 g/mol. The fourth-order valence-electron chi connectivity index (χ4n) is 3.78.